The van der Waals surface area contributed by atoms with Crippen molar-refractivity contribution >= 4 is 29.5 Å². The third kappa shape index (κ3) is 3.07. The van der Waals surface area contributed by atoms with Gasteiger partial charge in [-0.15, -0.1) is 11.6 Å². The fourth-order valence-corrected chi connectivity index (χ4v) is 4.24. The molecule has 142 valence electrons. The number of hydrogen-bond acceptors (Lipinski definition) is 4. The van der Waals surface area contributed by atoms with Crippen molar-refractivity contribution in [3.8, 4) is 11.4 Å². The molecule has 2 aliphatic rings. The van der Waals surface area contributed by atoms with Crippen LogP contribution in [-0.4, -0.2) is 26.5 Å². The molecule has 2 aromatic heterocycles. The van der Waals surface area contributed by atoms with Crippen LogP contribution in [0.4, 0.5) is 16.0 Å². The Morgan fingerprint density at radius 2 is 2.14 bits per heavy atom. The van der Waals surface area contributed by atoms with Crippen LogP contribution in [0.2, 0.25) is 0 Å². The van der Waals surface area contributed by atoms with Crippen molar-refractivity contribution in [3.63, 3.8) is 0 Å². The molecule has 1 aliphatic heterocycles. The van der Waals surface area contributed by atoms with Crippen LogP contribution in [0.15, 0.2) is 41.7 Å². The molecule has 3 aromatic rings. The van der Waals surface area contributed by atoms with E-state index in [9.17, 15) is 4.39 Å². The third-order valence-corrected chi connectivity index (χ3v) is 5.66. The Bertz CT molecular complexity index is 1060. The van der Waals surface area contributed by atoms with E-state index in [1.807, 2.05) is 18.3 Å². The number of fused-ring (bicyclic) bond motifs is 2. The molecule has 1 aromatic carbocycles. The van der Waals surface area contributed by atoms with Gasteiger partial charge in [-0.2, -0.15) is 0 Å². The second-order valence-corrected chi connectivity index (χ2v) is 7.77. The second-order valence-electron chi connectivity index (χ2n) is 7.21. The predicted octanol–water partition coefficient (Wildman–Crippen LogP) is 4.97. The lowest BCUT2D eigenvalue weighted by Crippen LogP contribution is -2.19. The molecular formula is C21H19ClFN5. The van der Waals surface area contributed by atoms with Gasteiger partial charge in [0.2, 0.25) is 0 Å². The van der Waals surface area contributed by atoms with E-state index in [0.29, 0.717) is 12.2 Å². The van der Waals surface area contributed by atoms with Gasteiger partial charge in [-0.05, 0) is 36.8 Å². The highest BCUT2D eigenvalue weighted by molar-refractivity contribution is 6.28. The Labute approximate surface area is 167 Å². The largest absolute Gasteiger partial charge is 0.361 e. The van der Waals surface area contributed by atoms with Crippen LogP contribution in [-0.2, 0) is 12.8 Å². The number of nitrogens with zero attached hydrogens (tertiary/aromatic N) is 3. The molecule has 7 heteroatoms. The summed E-state index contributed by atoms with van der Waals surface area (Å²) in [6, 6.07) is 8.36. The molecule has 0 spiro atoms. The van der Waals surface area contributed by atoms with Crippen molar-refractivity contribution in [1.82, 2.24) is 15.0 Å². The smallest absolute Gasteiger partial charge is 0.183 e. The molecule has 1 aliphatic carbocycles. The Morgan fingerprint density at radius 3 is 3.07 bits per heavy atom. The molecule has 2 unspecified atom stereocenters. The van der Waals surface area contributed by atoms with Crippen molar-refractivity contribution < 1.29 is 4.39 Å². The number of benzene rings is 1. The highest BCUT2D eigenvalue weighted by Gasteiger charge is 2.24. The van der Waals surface area contributed by atoms with Crippen molar-refractivity contribution in [3.05, 3.63) is 59.2 Å². The Balaban J connectivity index is 1.49. The molecule has 0 radical (unpaired) electrons. The Morgan fingerprint density at radius 1 is 1.25 bits per heavy atom. The molecule has 0 amide bonds. The molecular weight excluding hydrogens is 377 g/mol. The van der Waals surface area contributed by atoms with Crippen molar-refractivity contribution in [2.24, 2.45) is 4.99 Å². The van der Waals surface area contributed by atoms with Crippen molar-refractivity contribution in [2.75, 3.05) is 5.32 Å². The molecule has 5 rings (SSSR count). The quantitative estimate of drug-likeness (QED) is 0.615. The average Bonchev–Trinajstić information content (AvgIpc) is 3.13. The summed E-state index contributed by atoms with van der Waals surface area (Å²) in [6.07, 6.45) is 8.45. The van der Waals surface area contributed by atoms with E-state index in [4.69, 9.17) is 11.6 Å². The van der Waals surface area contributed by atoms with Gasteiger partial charge < -0.3 is 10.3 Å². The number of hydrogen-bond donors (Lipinski definition) is 2. The standard InChI is InChI=1S/C21H19ClFN5/c22-13-8-15-16(10-25-19(15)24-9-13)20-26-11-17(23)21(28-20)27-18-7-3-5-12-4-1-2-6-14(12)18/h1-2,4,6,9-11,13,18,25H,3,5,7-8H2,(H,26,27,28). The monoisotopic (exact) mass is 395 g/mol. The fraction of sp³-hybridized carbons (Fsp3) is 0.286. The first-order valence-corrected chi connectivity index (χ1v) is 9.88. The van der Waals surface area contributed by atoms with Gasteiger partial charge in [0.15, 0.2) is 17.5 Å². The topological polar surface area (TPSA) is 66.0 Å². The molecule has 2 atom stereocenters. The summed E-state index contributed by atoms with van der Waals surface area (Å²) < 4.78 is 14.5. The fourth-order valence-electron chi connectivity index (χ4n) is 4.03. The van der Waals surface area contributed by atoms with Crippen LogP contribution in [0.1, 0.15) is 35.6 Å². The molecule has 3 heterocycles. The van der Waals surface area contributed by atoms with Gasteiger partial charge >= 0.3 is 0 Å². The number of halogens is 2. The van der Waals surface area contributed by atoms with Crippen LogP contribution in [0, 0.1) is 5.82 Å². The molecule has 5 nitrogen and oxygen atoms in total. The molecule has 2 N–H and O–H groups in total. The van der Waals surface area contributed by atoms with Crippen molar-refractivity contribution in [1.29, 1.82) is 0 Å². The van der Waals surface area contributed by atoms with E-state index in [1.165, 1.54) is 17.3 Å². The van der Waals surface area contributed by atoms with Crippen LogP contribution < -0.4 is 5.32 Å². The normalized spacial score (nSPS) is 20.5. The first-order chi connectivity index (χ1) is 13.7. The molecule has 0 saturated heterocycles. The number of H-pyrrole nitrogens is 1. The first kappa shape index (κ1) is 17.4. The minimum atomic E-state index is -0.454. The second kappa shape index (κ2) is 7.02. The molecule has 0 bridgehead atoms. The van der Waals surface area contributed by atoms with E-state index in [1.54, 1.807) is 6.21 Å². The number of nitrogens with one attached hydrogen (secondary N) is 2. The minimum Gasteiger partial charge on any atom is -0.361 e. The number of aliphatic imine (C=N–C) groups is 1. The van der Waals surface area contributed by atoms with Gasteiger partial charge in [0.25, 0.3) is 0 Å². The van der Waals surface area contributed by atoms with Gasteiger partial charge in [0, 0.05) is 23.5 Å². The van der Waals surface area contributed by atoms with E-state index in [-0.39, 0.29) is 17.2 Å². The number of anilines is 1. The minimum absolute atomic E-state index is 0.0409. The van der Waals surface area contributed by atoms with Crippen LogP contribution in [0.25, 0.3) is 11.4 Å². The Kier molecular flexibility index (Phi) is 4.36. The zero-order valence-electron chi connectivity index (χ0n) is 15.1. The zero-order chi connectivity index (χ0) is 19.1. The molecule has 0 saturated carbocycles. The summed E-state index contributed by atoms with van der Waals surface area (Å²) in [5.74, 6) is 0.995. The highest BCUT2D eigenvalue weighted by Crippen LogP contribution is 2.35. The lowest BCUT2D eigenvalue weighted by Gasteiger charge is -2.27. The summed E-state index contributed by atoms with van der Waals surface area (Å²) in [5, 5.41) is 3.14. The van der Waals surface area contributed by atoms with Gasteiger partial charge in [-0.25, -0.2) is 19.4 Å². The number of rotatable bonds is 3. The Hall–Kier alpha value is -2.73. The number of alkyl halides is 1. The maximum absolute atomic E-state index is 14.5. The number of aromatic nitrogens is 3. The first-order valence-electron chi connectivity index (χ1n) is 9.45. The van der Waals surface area contributed by atoms with E-state index >= 15 is 0 Å². The van der Waals surface area contributed by atoms with Gasteiger partial charge in [-0.1, -0.05) is 24.3 Å². The number of aromatic amines is 1. The van der Waals surface area contributed by atoms with Crippen LogP contribution in [0.3, 0.4) is 0 Å². The van der Waals surface area contributed by atoms with Crippen molar-refractivity contribution in [2.45, 2.75) is 37.1 Å². The molecule has 0 fully saturated rings. The summed E-state index contributed by atoms with van der Waals surface area (Å²) in [5.41, 5.74) is 4.30. The maximum Gasteiger partial charge on any atom is 0.183 e. The number of aryl methyl sites for hydroxylation is 1. The van der Waals surface area contributed by atoms with E-state index in [0.717, 1.165) is 36.2 Å². The van der Waals surface area contributed by atoms with Crippen LogP contribution in [0.5, 0.6) is 0 Å². The third-order valence-electron chi connectivity index (χ3n) is 5.39. The summed E-state index contributed by atoms with van der Waals surface area (Å²) >= 11 is 6.22. The van der Waals surface area contributed by atoms with E-state index in [2.05, 4.69) is 37.4 Å². The van der Waals surface area contributed by atoms with E-state index < -0.39 is 5.82 Å². The summed E-state index contributed by atoms with van der Waals surface area (Å²) in [6.45, 7) is 0. The lowest BCUT2D eigenvalue weighted by atomic mass is 9.88. The maximum atomic E-state index is 14.5. The summed E-state index contributed by atoms with van der Waals surface area (Å²) in [4.78, 5) is 16.2. The van der Waals surface area contributed by atoms with Crippen LogP contribution >= 0.6 is 11.6 Å². The zero-order valence-corrected chi connectivity index (χ0v) is 15.9. The highest BCUT2D eigenvalue weighted by atomic mass is 35.5. The van der Waals surface area contributed by atoms with Gasteiger partial charge in [0.05, 0.1) is 17.6 Å². The molecule has 28 heavy (non-hydrogen) atoms. The van der Waals surface area contributed by atoms with Gasteiger partial charge in [0.1, 0.15) is 5.82 Å². The van der Waals surface area contributed by atoms with Gasteiger partial charge in [-0.3, -0.25) is 0 Å². The summed E-state index contributed by atoms with van der Waals surface area (Å²) in [7, 11) is 0. The lowest BCUT2D eigenvalue weighted by molar-refractivity contribution is 0.579. The predicted molar refractivity (Wildman–Crippen MR) is 109 cm³/mol. The SMILES string of the molecule is Fc1cnc(-c2c[nH]c3c2CC(Cl)C=N3)nc1NC1CCCc2ccccc21. The average molecular weight is 396 g/mol.